The van der Waals surface area contributed by atoms with Crippen LogP contribution < -0.4 is 11.1 Å². The van der Waals surface area contributed by atoms with Gasteiger partial charge in [-0.1, -0.05) is 6.92 Å². The molecule has 1 unspecified atom stereocenters. The molecule has 5 heteroatoms. The first-order chi connectivity index (χ1) is 9.10. The third-order valence-electron chi connectivity index (χ3n) is 3.16. The largest absolute Gasteiger partial charge is 0.342 e. The monoisotopic (exact) mass is 260 g/mol. The minimum Gasteiger partial charge on any atom is -0.342 e. The summed E-state index contributed by atoms with van der Waals surface area (Å²) in [6.45, 7) is 4.45. The second kappa shape index (κ2) is 5.84. The van der Waals surface area contributed by atoms with Crippen LogP contribution in [0.2, 0.25) is 0 Å². The van der Waals surface area contributed by atoms with Crippen molar-refractivity contribution in [2.75, 3.05) is 11.9 Å². The first kappa shape index (κ1) is 13.5. The number of hydrogen-bond acceptors (Lipinski definition) is 3. The normalized spacial score (nSPS) is 12.6. The van der Waals surface area contributed by atoms with E-state index in [1.54, 1.807) is 0 Å². The van der Waals surface area contributed by atoms with Crippen molar-refractivity contribution in [1.29, 1.82) is 0 Å². The number of benzene rings is 1. The standard InChI is InChI=1S/C14H20N4O/c1-9(4-3-7-15)14(19)18-11-5-6-12-13(8-11)17-10(2)16-12/h5-6,8-9H,3-4,7,15H2,1-2H3,(H,16,17)(H,18,19). The molecule has 1 aromatic heterocycles. The van der Waals surface area contributed by atoms with Crippen molar-refractivity contribution in [2.45, 2.75) is 26.7 Å². The number of nitrogens with one attached hydrogen (secondary N) is 2. The lowest BCUT2D eigenvalue weighted by Gasteiger charge is -2.11. The van der Waals surface area contributed by atoms with E-state index in [1.165, 1.54) is 0 Å². The van der Waals surface area contributed by atoms with Crippen LogP contribution >= 0.6 is 0 Å². The number of imidazole rings is 1. The Bertz CT molecular complexity index is 576. The number of hydrogen-bond donors (Lipinski definition) is 3. The summed E-state index contributed by atoms with van der Waals surface area (Å²) in [6, 6.07) is 5.68. The SMILES string of the molecule is Cc1nc2ccc(NC(=O)C(C)CCCN)cc2[nH]1. The highest BCUT2D eigenvalue weighted by atomic mass is 16.1. The van der Waals surface area contributed by atoms with Gasteiger partial charge in [-0.2, -0.15) is 0 Å². The second-order valence-corrected chi connectivity index (χ2v) is 4.88. The summed E-state index contributed by atoms with van der Waals surface area (Å²) in [7, 11) is 0. The van der Waals surface area contributed by atoms with E-state index in [9.17, 15) is 4.79 Å². The molecule has 4 N–H and O–H groups in total. The van der Waals surface area contributed by atoms with Crippen molar-refractivity contribution in [3.8, 4) is 0 Å². The van der Waals surface area contributed by atoms with E-state index in [0.29, 0.717) is 6.54 Å². The van der Waals surface area contributed by atoms with Gasteiger partial charge in [-0.05, 0) is 44.5 Å². The van der Waals surface area contributed by atoms with Crippen LogP contribution in [0.15, 0.2) is 18.2 Å². The molecule has 19 heavy (non-hydrogen) atoms. The van der Waals surface area contributed by atoms with Gasteiger partial charge in [-0.25, -0.2) is 4.98 Å². The number of rotatable bonds is 5. The number of H-pyrrole nitrogens is 1. The Hall–Kier alpha value is -1.88. The minimum absolute atomic E-state index is 0.0252. The highest BCUT2D eigenvalue weighted by Crippen LogP contribution is 2.18. The first-order valence-corrected chi connectivity index (χ1v) is 6.57. The molecule has 0 bridgehead atoms. The van der Waals surface area contributed by atoms with E-state index >= 15 is 0 Å². The number of aromatic nitrogens is 2. The molecule has 0 radical (unpaired) electrons. The lowest BCUT2D eigenvalue weighted by molar-refractivity contribution is -0.119. The van der Waals surface area contributed by atoms with Crippen molar-refractivity contribution >= 4 is 22.6 Å². The predicted molar refractivity (Wildman–Crippen MR) is 76.9 cm³/mol. The second-order valence-electron chi connectivity index (χ2n) is 4.88. The molecular weight excluding hydrogens is 240 g/mol. The number of amides is 1. The summed E-state index contributed by atoms with van der Waals surface area (Å²) in [5.41, 5.74) is 8.09. The number of aromatic amines is 1. The van der Waals surface area contributed by atoms with Gasteiger partial charge < -0.3 is 16.0 Å². The summed E-state index contributed by atoms with van der Waals surface area (Å²) in [5, 5.41) is 2.92. The number of fused-ring (bicyclic) bond motifs is 1. The Morgan fingerprint density at radius 2 is 2.32 bits per heavy atom. The fourth-order valence-corrected chi connectivity index (χ4v) is 2.04. The van der Waals surface area contributed by atoms with E-state index < -0.39 is 0 Å². The number of nitrogens with zero attached hydrogens (tertiary/aromatic N) is 1. The summed E-state index contributed by atoms with van der Waals surface area (Å²) in [4.78, 5) is 19.5. The summed E-state index contributed by atoms with van der Waals surface area (Å²) >= 11 is 0. The molecular formula is C14H20N4O. The summed E-state index contributed by atoms with van der Waals surface area (Å²) < 4.78 is 0. The first-order valence-electron chi connectivity index (χ1n) is 6.57. The third kappa shape index (κ3) is 3.32. The van der Waals surface area contributed by atoms with Gasteiger partial charge in [-0.15, -0.1) is 0 Å². The maximum absolute atomic E-state index is 12.0. The average molecular weight is 260 g/mol. The van der Waals surface area contributed by atoms with Crippen molar-refractivity contribution in [1.82, 2.24) is 9.97 Å². The topological polar surface area (TPSA) is 83.8 Å². The summed E-state index contributed by atoms with van der Waals surface area (Å²) in [5.74, 6) is 0.876. The van der Waals surface area contributed by atoms with Gasteiger partial charge in [0.2, 0.25) is 5.91 Å². The van der Waals surface area contributed by atoms with E-state index in [1.807, 2.05) is 32.0 Å². The molecule has 0 saturated heterocycles. The Kier molecular flexibility index (Phi) is 4.16. The van der Waals surface area contributed by atoms with Crippen molar-refractivity contribution < 1.29 is 4.79 Å². The zero-order valence-corrected chi connectivity index (χ0v) is 11.4. The predicted octanol–water partition coefficient (Wildman–Crippen LogP) is 2.18. The zero-order chi connectivity index (χ0) is 13.8. The van der Waals surface area contributed by atoms with E-state index in [-0.39, 0.29) is 11.8 Å². The molecule has 1 heterocycles. The van der Waals surface area contributed by atoms with E-state index in [4.69, 9.17) is 5.73 Å². The molecule has 1 amide bonds. The lowest BCUT2D eigenvalue weighted by Crippen LogP contribution is -2.21. The van der Waals surface area contributed by atoms with Crippen LogP contribution in [0, 0.1) is 12.8 Å². The number of carbonyl (C=O) groups excluding carboxylic acids is 1. The number of anilines is 1. The third-order valence-corrected chi connectivity index (χ3v) is 3.16. The molecule has 2 rings (SSSR count). The van der Waals surface area contributed by atoms with Crippen LogP contribution in [0.5, 0.6) is 0 Å². The summed E-state index contributed by atoms with van der Waals surface area (Å²) in [6.07, 6.45) is 1.68. The molecule has 2 aromatic rings. The Morgan fingerprint density at radius 3 is 3.05 bits per heavy atom. The average Bonchev–Trinajstić information content (AvgIpc) is 2.75. The Labute approximate surface area is 112 Å². The molecule has 5 nitrogen and oxygen atoms in total. The quantitative estimate of drug-likeness (QED) is 0.770. The highest BCUT2D eigenvalue weighted by molar-refractivity contribution is 5.94. The van der Waals surface area contributed by atoms with Gasteiger partial charge in [0.05, 0.1) is 11.0 Å². The molecule has 0 aliphatic heterocycles. The molecule has 0 aliphatic carbocycles. The van der Waals surface area contributed by atoms with Gasteiger partial charge in [-0.3, -0.25) is 4.79 Å². The molecule has 1 aromatic carbocycles. The van der Waals surface area contributed by atoms with Crippen LogP contribution in [0.4, 0.5) is 5.69 Å². The van der Waals surface area contributed by atoms with Crippen LogP contribution in [0.1, 0.15) is 25.6 Å². The maximum atomic E-state index is 12.0. The molecule has 0 fully saturated rings. The van der Waals surface area contributed by atoms with Crippen molar-refractivity contribution in [2.24, 2.45) is 11.7 Å². The zero-order valence-electron chi connectivity index (χ0n) is 11.4. The number of nitrogens with two attached hydrogens (primary N) is 1. The van der Waals surface area contributed by atoms with Crippen molar-refractivity contribution in [3.05, 3.63) is 24.0 Å². The molecule has 1 atom stereocenters. The minimum atomic E-state index is -0.0252. The smallest absolute Gasteiger partial charge is 0.227 e. The fourth-order valence-electron chi connectivity index (χ4n) is 2.04. The Morgan fingerprint density at radius 1 is 1.53 bits per heavy atom. The fraction of sp³-hybridized carbons (Fsp3) is 0.429. The Balaban J connectivity index is 2.06. The number of carbonyl (C=O) groups is 1. The molecule has 0 saturated carbocycles. The number of aryl methyl sites for hydroxylation is 1. The van der Waals surface area contributed by atoms with Gasteiger partial charge in [0, 0.05) is 11.6 Å². The van der Waals surface area contributed by atoms with E-state index in [2.05, 4.69) is 15.3 Å². The van der Waals surface area contributed by atoms with Gasteiger partial charge in [0.15, 0.2) is 0 Å². The maximum Gasteiger partial charge on any atom is 0.227 e. The van der Waals surface area contributed by atoms with Gasteiger partial charge >= 0.3 is 0 Å². The molecule has 102 valence electrons. The lowest BCUT2D eigenvalue weighted by atomic mass is 10.0. The van der Waals surface area contributed by atoms with Crippen LogP contribution in [0.25, 0.3) is 11.0 Å². The molecule has 0 spiro atoms. The van der Waals surface area contributed by atoms with Gasteiger partial charge in [0.1, 0.15) is 5.82 Å². The van der Waals surface area contributed by atoms with Crippen LogP contribution in [-0.4, -0.2) is 22.4 Å². The van der Waals surface area contributed by atoms with Crippen molar-refractivity contribution in [3.63, 3.8) is 0 Å². The van der Waals surface area contributed by atoms with Crippen LogP contribution in [0.3, 0.4) is 0 Å². The van der Waals surface area contributed by atoms with E-state index in [0.717, 1.165) is 35.4 Å². The van der Waals surface area contributed by atoms with Crippen LogP contribution in [-0.2, 0) is 4.79 Å². The van der Waals surface area contributed by atoms with Gasteiger partial charge in [0.25, 0.3) is 0 Å². The highest BCUT2D eigenvalue weighted by Gasteiger charge is 2.12. The molecule has 0 aliphatic rings.